The summed E-state index contributed by atoms with van der Waals surface area (Å²) in [5.74, 6) is 0.129. The number of nitrogens with zero attached hydrogens (tertiary/aromatic N) is 1. The molecule has 0 radical (unpaired) electrons. The van der Waals surface area contributed by atoms with Crippen LogP contribution in [0.25, 0.3) is 0 Å². The molecule has 4 fully saturated rings. The number of rotatable bonds is 6. The first-order valence-corrected chi connectivity index (χ1v) is 12.6. The number of benzene rings is 1. The maximum absolute atomic E-state index is 12.8. The van der Waals surface area contributed by atoms with Gasteiger partial charge in [0.15, 0.2) is 6.10 Å². The highest BCUT2D eigenvalue weighted by molar-refractivity contribution is 7.11. The van der Waals surface area contributed by atoms with Crippen LogP contribution in [0.5, 0.6) is 10.9 Å². The summed E-state index contributed by atoms with van der Waals surface area (Å²) in [5.41, 5.74) is 0.589. The Kier molecular flexibility index (Phi) is 5.30. The molecule has 2 atom stereocenters. The van der Waals surface area contributed by atoms with E-state index in [4.69, 9.17) is 21.1 Å². The molecule has 12 heteroatoms. The molecule has 2 aromatic rings. The number of halogens is 4. The minimum atomic E-state index is -4.61. The van der Waals surface area contributed by atoms with E-state index in [-0.39, 0.29) is 29.4 Å². The van der Waals surface area contributed by atoms with E-state index < -0.39 is 24.7 Å². The third kappa shape index (κ3) is 4.36. The quantitative estimate of drug-likeness (QED) is 0.566. The highest BCUT2D eigenvalue weighted by Crippen LogP contribution is 2.62. The monoisotopic (exact) mass is 530 g/mol. The number of aromatic nitrogens is 1. The number of carbonyl (C=O) groups excluding carboxylic acids is 1. The Morgan fingerprint density at radius 2 is 2.00 bits per heavy atom. The Labute approximate surface area is 207 Å². The molecule has 0 unspecified atom stereocenters. The predicted octanol–water partition coefficient (Wildman–Crippen LogP) is 4.63. The molecule has 7 nitrogen and oxygen atoms in total. The van der Waals surface area contributed by atoms with Crippen LogP contribution in [0.15, 0.2) is 23.6 Å². The van der Waals surface area contributed by atoms with E-state index >= 15 is 0 Å². The first-order valence-electron chi connectivity index (χ1n) is 11.4. The van der Waals surface area contributed by atoms with Crippen LogP contribution in [-0.4, -0.2) is 45.7 Å². The molecule has 4 saturated carbocycles. The van der Waals surface area contributed by atoms with E-state index in [9.17, 15) is 23.1 Å². The average Bonchev–Trinajstić information content (AvgIpc) is 3.15. The first kappa shape index (κ1) is 23.3. The minimum Gasteiger partial charge on any atom is -0.480 e. The second-order valence-corrected chi connectivity index (χ2v) is 11.3. The number of hydrogen-bond acceptors (Lipinski definition) is 7. The van der Waals surface area contributed by atoms with Crippen LogP contribution < -0.4 is 14.8 Å². The molecule has 35 heavy (non-hydrogen) atoms. The van der Waals surface area contributed by atoms with Gasteiger partial charge < -0.3 is 19.9 Å². The molecule has 4 aliphatic carbocycles. The third-order valence-corrected chi connectivity index (χ3v) is 8.29. The van der Waals surface area contributed by atoms with Gasteiger partial charge in [-0.1, -0.05) is 22.9 Å². The van der Waals surface area contributed by atoms with E-state index in [1.165, 1.54) is 11.3 Å². The van der Waals surface area contributed by atoms with Crippen LogP contribution >= 0.6 is 22.9 Å². The zero-order valence-electron chi connectivity index (χ0n) is 18.3. The summed E-state index contributed by atoms with van der Waals surface area (Å²) in [7, 11) is 0. The van der Waals surface area contributed by atoms with Crippen molar-refractivity contribution in [2.75, 3.05) is 0 Å². The number of hydrogen-bond donors (Lipinski definition) is 2. The maximum atomic E-state index is 12.8. The molecule has 1 aromatic carbocycles. The third-order valence-electron chi connectivity index (χ3n) is 7.32. The summed E-state index contributed by atoms with van der Waals surface area (Å²) in [6.07, 6.45) is -4.38. The summed E-state index contributed by atoms with van der Waals surface area (Å²) in [6.45, 7) is 0. The second kappa shape index (κ2) is 7.96. The number of nitrogens with one attached hydrogen (secondary N) is 1. The lowest BCUT2D eigenvalue weighted by molar-refractivity contribution is -0.351. The molecule has 5 aliphatic rings. The predicted molar refractivity (Wildman–Crippen MR) is 119 cm³/mol. The van der Waals surface area contributed by atoms with E-state index in [1.54, 1.807) is 18.2 Å². The van der Waals surface area contributed by atoms with Gasteiger partial charge in [0, 0.05) is 47.6 Å². The van der Waals surface area contributed by atoms with Crippen LogP contribution in [0.3, 0.4) is 0 Å². The number of alkyl halides is 3. The Bertz CT molecular complexity index is 1150. The standard InChI is InChI=1S/C23H22ClF3N2O5S/c24-12-1-2-17-14(5-12)16(30)6-18(32-17)19(31)29-21-8-22(9-21,10-21)34-20-28-15(7-35-20)11-3-13(4-11)33-23(25,26)27/h1-2,5,7,11,13,16,18,30H,3-4,6,8-10H2,(H,29,31)/t11?,13?,16-,18-,21?,22?/m1/s1. The van der Waals surface area contributed by atoms with Crippen LogP contribution in [0.2, 0.25) is 5.02 Å². The van der Waals surface area contributed by atoms with Crippen LogP contribution in [0.1, 0.15) is 61.8 Å². The lowest BCUT2D eigenvalue weighted by Crippen LogP contribution is -2.81. The molecule has 1 aromatic heterocycles. The van der Waals surface area contributed by atoms with Crippen molar-refractivity contribution in [1.82, 2.24) is 10.3 Å². The maximum Gasteiger partial charge on any atom is 0.522 e. The molecule has 2 heterocycles. The summed E-state index contributed by atoms with van der Waals surface area (Å²) < 4.78 is 52.8. The Morgan fingerprint density at radius 1 is 1.26 bits per heavy atom. The van der Waals surface area contributed by atoms with Crippen molar-refractivity contribution in [3.8, 4) is 10.9 Å². The lowest BCUT2D eigenvalue weighted by atomic mass is 9.46. The summed E-state index contributed by atoms with van der Waals surface area (Å²) in [4.78, 5) is 17.3. The molecule has 2 bridgehead atoms. The topological polar surface area (TPSA) is 89.9 Å². The van der Waals surface area contributed by atoms with Crippen molar-refractivity contribution in [3.63, 3.8) is 0 Å². The Balaban J connectivity index is 0.989. The van der Waals surface area contributed by atoms with Gasteiger partial charge >= 0.3 is 6.36 Å². The molecule has 0 saturated heterocycles. The number of aliphatic hydroxyl groups is 1. The van der Waals surface area contributed by atoms with Gasteiger partial charge in [-0.25, -0.2) is 4.98 Å². The fourth-order valence-electron chi connectivity index (χ4n) is 5.64. The summed E-state index contributed by atoms with van der Waals surface area (Å²) in [6, 6.07) is 4.94. The summed E-state index contributed by atoms with van der Waals surface area (Å²) >= 11 is 7.31. The number of aliphatic hydroxyl groups excluding tert-OH is 1. The highest BCUT2D eigenvalue weighted by atomic mass is 35.5. The van der Waals surface area contributed by atoms with E-state index in [2.05, 4.69) is 15.0 Å². The van der Waals surface area contributed by atoms with Gasteiger partial charge in [-0.2, -0.15) is 0 Å². The molecule has 2 N–H and O–H groups in total. The van der Waals surface area contributed by atoms with Gasteiger partial charge in [0.05, 0.1) is 23.4 Å². The lowest BCUT2D eigenvalue weighted by Gasteiger charge is -2.68. The molecule has 0 spiro atoms. The van der Waals surface area contributed by atoms with Crippen LogP contribution in [0.4, 0.5) is 13.2 Å². The van der Waals surface area contributed by atoms with Crippen molar-refractivity contribution in [1.29, 1.82) is 0 Å². The number of fused-ring (bicyclic) bond motifs is 1. The molecule has 1 aliphatic heterocycles. The van der Waals surface area contributed by atoms with Gasteiger partial charge in [-0.15, -0.1) is 13.2 Å². The van der Waals surface area contributed by atoms with Crippen molar-refractivity contribution in [2.45, 2.75) is 80.3 Å². The minimum absolute atomic E-state index is 0.0541. The van der Waals surface area contributed by atoms with Gasteiger partial charge in [0.2, 0.25) is 0 Å². The van der Waals surface area contributed by atoms with E-state index in [1.807, 2.05) is 5.38 Å². The largest absolute Gasteiger partial charge is 0.522 e. The SMILES string of the molecule is O=C(NC12CC(Oc3nc(C4CC(OC(F)(F)F)C4)cs3)(C1)C2)[C@H]1C[C@@H](O)c2cc(Cl)ccc2O1. The van der Waals surface area contributed by atoms with E-state index in [0.29, 0.717) is 53.6 Å². The van der Waals surface area contributed by atoms with Crippen molar-refractivity contribution >= 4 is 28.8 Å². The number of amides is 1. The van der Waals surface area contributed by atoms with Gasteiger partial charge in [-0.3, -0.25) is 9.53 Å². The number of carbonyl (C=O) groups is 1. The van der Waals surface area contributed by atoms with Crippen molar-refractivity contribution < 1.29 is 37.3 Å². The normalized spacial score (nSPS) is 35.0. The smallest absolute Gasteiger partial charge is 0.480 e. The van der Waals surface area contributed by atoms with Gasteiger partial charge in [0.25, 0.3) is 11.1 Å². The zero-order chi connectivity index (χ0) is 24.6. The average molecular weight is 531 g/mol. The molecule has 1 amide bonds. The van der Waals surface area contributed by atoms with Crippen molar-refractivity contribution in [2.24, 2.45) is 0 Å². The summed E-state index contributed by atoms with van der Waals surface area (Å²) in [5, 5.41) is 16.3. The molecule has 188 valence electrons. The van der Waals surface area contributed by atoms with Crippen molar-refractivity contribution in [3.05, 3.63) is 39.9 Å². The van der Waals surface area contributed by atoms with E-state index in [0.717, 1.165) is 5.69 Å². The fourth-order valence-corrected chi connectivity index (χ4v) is 6.67. The Hall–Kier alpha value is -2.08. The Morgan fingerprint density at radius 3 is 2.71 bits per heavy atom. The fraction of sp³-hybridized carbons (Fsp3) is 0.565. The zero-order valence-corrected chi connectivity index (χ0v) is 19.9. The first-order chi connectivity index (χ1) is 16.5. The molecule has 7 rings (SSSR count). The number of thiazole rings is 1. The molecular weight excluding hydrogens is 509 g/mol. The number of ether oxygens (including phenoxy) is 3. The van der Waals surface area contributed by atoms with Gasteiger partial charge in [-0.05, 0) is 31.0 Å². The molecular formula is C23H22ClF3N2O5S. The second-order valence-electron chi connectivity index (χ2n) is 10.0. The highest BCUT2D eigenvalue weighted by Gasteiger charge is 2.71. The van der Waals surface area contributed by atoms with Crippen LogP contribution in [-0.2, 0) is 9.53 Å². The van der Waals surface area contributed by atoms with Gasteiger partial charge in [0.1, 0.15) is 11.4 Å². The van der Waals surface area contributed by atoms with Crippen LogP contribution in [0, 0.1) is 0 Å².